The van der Waals surface area contributed by atoms with Crippen LogP contribution in [0.1, 0.15) is 31.2 Å². The predicted octanol–water partition coefficient (Wildman–Crippen LogP) is 3.59. The predicted molar refractivity (Wildman–Crippen MR) is 86.7 cm³/mol. The van der Waals surface area contributed by atoms with Crippen molar-refractivity contribution in [3.8, 4) is 0 Å². The van der Waals surface area contributed by atoms with Gasteiger partial charge in [-0.15, -0.1) is 0 Å². The summed E-state index contributed by atoms with van der Waals surface area (Å²) >= 11 is 8.04. The van der Waals surface area contributed by atoms with Gasteiger partial charge in [-0.2, -0.15) is 0 Å². The van der Waals surface area contributed by atoms with Gasteiger partial charge in [-0.3, -0.25) is 0 Å². The van der Waals surface area contributed by atoms with Gasteiger partial charge in [0.05, 0.1) is 22.9 Å². The summed E-state index contributed by atoms with van der Waals surface area (Å²) in [6.45, 7) is 1.16. The molecule has 1 aliphatic rings. The summed E-state index contributed by atoms with van der Waals surface area (Å²) in [6, 6.07) is 3.35. The zero-order valence-electron chi connectivity index (χ0n) is 11.1. The quantitative estimate of drug-likeness (QED) is 0.601. The molecule has 1 aliphatic carbocycles. The average molecular weight is 361 g/mol. The molecule has 0 saturated heterocycles. The molecule has 3 nitrogen and oxygen atoms in total. The minimum Gasteiger partial charge on any atom is -0.389 e. The summed E-state index contributed by atoms with van der Waals surface area (Å²) in [7, 11) is 0. The first-order chi connectivity index (χ1) is 9.59. The van der Waals surface area contributed by atoms with Gasteiger partial charge in [-0.05, 0) is 40.9 Å². The van der Waals surface area contributed by atoms with Crippen molar-refractivity contribution in [1.29, 1.82) is 0 Å². The maximum absolute atomic E-state index is 14.1. The van der Waals surface area contributed by atoms with E-state index in [-0.39, 0.29) is 10.8 Å². The normalized spacial score (nSPS) is 15.5. The van der Waals surface area contributed by atoms with Gasteiger partial charge in [0.25, 0.3) is 0 Å². The first kappa shape index (κ1) is 15.7. The lowest BCUT2D eigenvalue weighted by atomic mass is 10.2. The molecule has 0 spiro atoms. The van der Waals surface area contributed by atoms with E-state index >= 15 is 0 Å². The topological polar surface area (TPSA) is 47.3 Å². The molecule has 3 N–H and O–H groups in total. The molecule has 20 heavy (non-hydrogen) atoms. The van der Waals surface area contributed by atoms with E-state index in [1.54, 1.807) is 12.1 Å². The zero-order valence-corrected chi connectivity index (χ0v) is 13.5. The van der Waals surface area contributed by atoms with E-state index < -0.39 is 0 Å². The van der Waals surface area contributed by atoms with E-state index in [0.29, 0.717) is 35.0 Å². The summed E-state index contributed by atoms with van der Waals surface area (Å²) in [5.41, 5.74) is 6.45. The lowest BCUT2D eigenvalue weighted by Crippen LogP contribution is -2.16. The summed E-state index contributed by atoms with van der Waals surface area (Å²) in [6.07, 6.45) is 5.16. The number of ether oxygens (including phenoxy) is 1. The van der Waals surface area contributed by atoms with Crippen molar-refractivity contribution < 1.29 is 9.13 Å². The number of rotatable bonds is 6. The molecule has 0 aromatic heterocycles. The summed E-state index contributed by atoms with van der Waals surface area (Å²) < 4.78 is 20.1. The highest BCUT2D eigenvalue weighted by atomic mass is 79.9. The maximum Gasteiger partial charge on any atom is 0.161 e. The Labute approximate surface area is 132 Å². The monoisotopic (exact) mass is 360 g/mol. The number of benzene rings is 1. The maximum atomic E-state index is 14.1. The number of nitrogens with one attached hydrogen (secondary N) is 1. The molecule has 2 rings (SSSR count). The molecular weight excluding hydrogens is 343 g/mol. The van der Waals surface area contributed by atoms with Crippen molar-refractivity contribution >= 4 is 38.8 Å². The molecule has 1 aromatic rings. The minimum absolute atomic E-state index is 0.173. The third-order valence-electron chi connectivity index (χ3n) is 3.42. The molecule has 6 heteroatoms. The molecule has 0 atom stereocenters. The van der Waals surface area contributed by atoms with Crippen LogP contribution in [0, 0.1) is 5.82 Å². The fourth-order valence-electron chi connectivity index (χ4n) is 2.34. The molecule has 0 amide bonds. The Kier molecular flexibility index (Phi) is 5.74. The Morgan fingerprint density at radius 1 is 1.45 bits per heavy atom. The van der Waals surface area contributed by atoms with Crippen molar-refractivity contribution in [2.75, 3.05) is 18.5 Å². The van der Waals surface area contributed by atoms with Crippen molar-refractivity contribution in [1.82, 2.24) is 0 Å². The van der Waals surface area contributed by atoms with Crippen molar-refractivity contribution in [2.45, 2.75) is 31.8 Å². The van der Waals surface area contributed by atoms with Gasteiger partial charge >= 0.3 is 0 Å². The molecular formula is C14H18BrFN2OS. The van der Waals surface area contributed by atoms with Crippen molar-refractivity contribution in [3.63, 3.8) is 0 Å². The van der Waals surface area contributed by atoms with E-state index in [1.807, 2.05) is 0 Å². The van der Waals surface area contributed by atoms with Gasteiger partial charge in [-0.25, -0.2) is 4.39 Å². The Hall–Kier alpha value is -0.720. The van der Waals surface area contributed by atoms with Crippen LogP contribution in [0.2, 0.25) is 0 Å². The molecule has 1 saturated carbocycles. The van der Waals surface area contributed by atoms with Crippen LogP contribution in [0.4, 0.5) is 10.1 Å². The third kappa shape index (κ3) is 3.90. The average Bonchev–Trinajstić information content (AvgIpc) is 2.92. The van der Waals surface area contributed by atoms with Gasteiger partial charge < -0.3 is 15.8 Å². The lowest BCUT2D eigenvalue weighted by Gasteiger charge is -2.13. The first-order valence-electron chi connectivity index (χ1n) is 6.73. The van der Waals surface area contributed by atoms with Crippen molar-refractivity contribution in [2.24, 2.45) is 5.73 Å². The van der Waals surface area contributed by atoms with E-state index in [1.165, 1.54) is 12.8 Å². The van der Waals surface area contributed by atoms with E-state index in [2.05, 4.69) is 21.2 Å². The first-order valence-corrected chi connectivity index (χ1v) is 7.93. The Balaban J connectivity index is 1.86. The zero-order chi connectivity index (χ0) is 14.5. The van der Waals surface area contributed by atoms with E-state index in [4.69, 9.17) is 22.7 Å². The number of hydrogen-bond acceptors (Lipinski definition) is 3. The van der Waals surface area contributed by atoms with Gasteiger partial charge in [0.2, 0.25) is 0 Å². The summed E-state index contributed by atoms with van der Waals surface area (Å²) in [4.78, 5) is 0.173. The van der Waals surface area contributed by atoms with Crippen LogP contribution in [0.15, 0.2) is 16.6 Å². The largest absolute Gasteiger partial charge is 0.389 e. The Bertz CT molecular complexity index is 492. The highest BCUT2D eigenvalue weighted by molar-refractivity contribution is 9.10. The summed E-state index contributed by atoms with van der Waals surface area (Å²) in [5, 5.41) is 3.03. The standard InChI is InChI=1S/C14H18BrFN2OS/c15-12-10(14(17)20)5-6-11(13(12)16)18-7-8-19-9-3-1-2-4-9/h5-6,9,18H,1-4,7-8H2,(H2,17,20). The number of halogens is 2. The second-order valence-corrected chi connectivity index (χ2v) is 6.09. The highest BCUT2D eigenvalue weighted by Crippen LogP contribution is 2.27. The van der Waals surface area contributed by atoms with Gasteiger partial charge in [0, 0.05) is 12.1 Å². The number of hydrogen-bond donors (Lipinski definition) is 2. The molecule has 0 aliphatic heterocycles. The number of thiocarbonyl (C=S) groups is 1. The van der Waals surface area contributed by atoms with Gasteiger partial charge in [-0.1, -0.05) is 25.1 Å². The molecule has 0 bridgehead atoms. The van der Waals surface area contributed by atoms with Crippen LogP contribution >= 0.6 is 28.1 Å². The third-order valence-corrected chi connectivity index (χ3v) is 4.42. The van der Waals surface area contributed by atoms with Crippen LogP contribution in [0.5, 0.6) is 0 Å². The van der Waals surface area contributed by atoms with Crippen LogP contribution in [-0.4, -0.2) is 24.2 Å². The summed E-state index contributed by atoms with van der Waals surface area (Å²) in [5.74, 6) is -0.379. The van der Waals surface area contributed by atoms with Crippen LogP contribution < -0.4 is 11.1 Å². The van der Waals surface area contributed by atoms with Gasteiger partial charge in [0.1, 0.15) is 4.99 Å². The molecule has 0 radical (unpaired) electrons. The van der Waals surface area contributed by atoms with Crippen LogP contribution in [0.25, 0.3) is 0 Å². The fraction of sp³-hybridized carbons (Fsp3) is 0.500. The highest BCUT2D eigenvalue weighted by Gasteiger charge is 2.15. The van der Waals surface area contributed by atoms with E-state index in [0.717, 1.165) is 12.8 Å². The molecule has 1 fully saturated rings. The van der Waals surface area contributed by atoms with Crippen LogP contribution in [-0.2, 0) is 4.74 Å². The van der Waals surface area contributed by atoms with E-state index in [9.17, 15) is 4.39 Å². The SMILES string of the molecule is NC(=S)c1ccc(NCCOC2CCCC2)c(F)c1Br. The molecule has 0 heterocycles. The van der Waals surface area contributed by atoms with Crippen LogP contribution in [0.3, 0.4) is 0 Å². The molecule has 110 valence electrons. The smallest absolute Gasteiger partial charge is 0.161 e. The van der Waals surface area contributed by atoms with Crippen molar-refractivity contribution in [3.05, 3.63) is 28.0 Å². The minimum atomic E-state index is -0.379. The molecule has 0 unspecified atom stereocenters. The molecule has 1 aromatic carbocycles. The van der Waals surface area contributed by atoms with Gasteiger partial charge in [0.15, 0.2) is 5.82 Å². The lowest BCUT2D eigenvalue weighted by molar-refractivity contribution is 0.0659. The Morgan fingerprint density at radius 3 is 2.80 bits per heavy atom. The fourth-order valence-corrected chi connectivity index (χ4v) is 3.20. The second-order valence-electron chi connectivity index (χ2n) is 4.86. The number of nitrogens with two attached hydrogens (primary N) is 1. The second kappa shape index (κ2) is 7.33. The number of anilines is 1. The Morgan fingerprint density at radius 2 is 2.15 bits per heavy atom.